The van der Waals surface area contributed by atoms with E-state index < -0.39 is 0 Å². The van der Waals surface area contributed by atoms with Crippen LogP contribution in [0.25, 0.3) is 0 Å². The number of halogens is 2. The molecule has 0 aliphatic heterocycles. The molecule has 4 nitrogen and oxygen atoms in total. The smallest absolute Gasteiger partial charge is 0.255 e. The van der Waals surface area contributed by atoms with Crippen LogP contribution in [0, 0.1) is 0 Å². The number of rotatable bonds is 5. The minimum Gasteiger partial charge on any atom is -0.380 e. The van der Waals surface area contributed by atoms with Crippen LogP contribution in [0.4, 0.5) is 11.4 Å². The average molecular weight is 378 g/mol. The van der Waals surface area contributed by atoms with E-state index in [1.54, 1.807) is 42.6 Å². The van der Waals surface area contributed by atoms with Crippen LogP contribution in [-0.4, -0.2) is 10.9 Å². The highest BCUT2D eigenvalue weighted by Crippen LogP contribution is 2.20. The van der Waals surface area contributed by atoms with Gasteiger partial charge in [-0.3, -0.25) is 4.79 Å². The molecule has 0 saturated carbocycles. The zero-order chi connectivity index (χ0) is 16.9. The summed E-state index contributed by atoms with van der Waals surface area (Å²) in [7, 11) is 0. The summed E-state index contributed by atoms with van der Waals surface area (Å²) in [6, 6.07) is 14.2. The third-order valence-corrected chi connectivity index (χ3v) is 4.61. The van der Waals surface area contributed by atoms with Crippen molar-refractivity contribution in [2.45, 2.75) is 6.54 Å². The molecule has 0 bridgehead atoms. The summed E-state index contributed by atoms with van der Waals surface area (Å²) in [6.07, 6.45) is 1.74. The molecular formula is C17H13Cl2N3OS. The zero-order valence-electron chi connectivity index (χ0n) is 12.4. The summed E-state index contributed by atoms with van der Waals surface area (Å²) < 4.78 is 0.529. The van der Waals surface area contributed by atoms with E-state index in [0.717, 1.165) is 10.6 Å². The van der Waals surface area contributed by atoms with Gasteiger partial charge in [0.15, 0.2) is 4.47 Å². The van der Waals surface area contributed by atoms with E-state index in [-0.39, 0.29) is 5.91 Å². The first-order chi connectivity index (χ1) is 11.6. The summed E-state index contributed by atoms with van der Waals surface area (Å²) in [4.78, 5) is 17.2. The maximum atomic E-state index is 12.2. The summed E-state index contributed by atoms with van der Waals surface area (Å²) in [5.41, 5.74) is 2.20. The number of carbonyl (C=O) groups excluding carboxylic acids is 1. The van der Waals surface area contributed by atoms with Crippen LogP contribution in [-0.2, 0) is 6.54 Å². The van der Waals surface area contributed by atoms with Gasteiger partial charge in [0.1, 0.15) is 0 Å². The van der Waals surface area contributed by atoms with Crippen LogP contribution in [0.3, 0.4) is 0 Å². The number of aromatic nitrogens is 1. The lowest BCUT2D eigenvalue weighted by atomic mass is 10.2. The molecule has 3 aromatic rings. The Morgan fingerprint density at radius 2 is 1.67 bits per heavy atom. The molecule has 7 heteroatoms. The Morgan fingerprint density at radius 3 is 2.29 bits per heavy atom. The van der Waals surface area contributed by atoms with Crippen LogP contribution in [0.15, 0.2) is 54.7 Å². The molecule has 1 heterocycles. The Morgan fingerprint density at radius 1 is 1.00 bits per heavy atom. The maximum absolute atomic E-state index is 12.2. The van der Waals surface area contributed by atoms with Gasteiger partial charge in [-0.1, -0.05) is 23.2 Å². The number of carbonyl (C=O) groups is 1. The first-order valence-corrected chi connectivity index (χ1v) is 8.68. The van der Waals surface area contributed by atoms with Gasteiger partial charge < -0.3 is 10.6 Å². The first-order valence-electron chi connectivity index (χ1n) is 7.11. The van der Waals surface area contributed by atoms with Crippen molar-refractivity contribution in [1.29, 1.82) is 0 Å². The number of anilines is 2. The zero-order valence-corrected chi connectivity index (χ0v) is 14.8. The number of thiazole rings is 1. The number of nitrogens with one attached hydrogen (secondary N) is 2. The second-order valence-corrected chi connectivity index (χ2v) is 7.11. The van der Waals surface area contributed by atoms with Gasteiger partial charge in [-0.2, -0.15) is 0 Å². The molecule has 0 atom stereocenters. The molecule has 122 valence electrons. The maximum Gasteiger partial charge on any atom is 0.255 e. The Labute approximate surface area is 153 Å². The van der Waals surface area contributed by atoms with Crippen molar-refractivity contribution in [2.24, 2.45) is 0 Å². The molecule has 2 N–H and O–H groups in total. The molecule has 0 unspecified atom stereocenters. The molecule has 0 aliphatic carbocycles. The van der Waals surface area contributed by atoms with Crippen molar-refractivity contribution in [3.63, 3.8) is 0 Å². The van der Waals surface area contributed by atoms with E-state index in [4.69, 9.17) is 23.2 Å². The molecule has 24 heavy (non-hydrogen) atoms. The van der Waals surface area contributed by atoms with Crippen LogP contribution >= 0.6 is 34.5 Å². The van der Waals surface area contributed by atoms with Gasteiger partial charge in [0.2, 0.25) is 0 Å². The molecule has 1 aromatic heterocycles. The van der Waals surface area contributed by atoms with Gasteiger partial charge in [-0.15, -0.1) is 11.3 Å². The Bertz CT molecular complexity index is 832. The van der Waals surface area contributed by atoms with Crippen molar-refractivity contribution in [3.8, 4) is 0 Å². The largest absolute Gasteiger partial charge is 0.380 e. The lowest BCUT2D eigenvalue weighted by Crippen LogP contribution is -2.11. The van der Waals surface area contributed by atoms with E-state index >= 15 is 0 Å². The minimum absolute atomic E-state index is 0.168. The Balaban J connectivity index is 1.59. The monoisotopic (exact) mass is 377 g/mol. The molecule has 0 fully saturated rings. The van der Waals surface area contributed by atoms with Crippen molar-refractivity contribution in [2.75, 3.05) is 10.6 Å². The highest BCUT2D eigenvalue weighted by atomic mass is 35.5. The van der Waals surface area contributed by atoms with Crippen LogP contribution < -0.4 is 10.6 Å². The molecule has 0 spiro atoms. The molecule has 0 saturated heterocycles. The second-order valence-electron chi connectivity index (χ2n) is 4.97. The third kappa shape index (κ3) is 4.47. The van der Waals surface area contributed by atoms with Crippen LogP contribution in [0.2, 0.25) is 9.49 Å². The summed E-state index contributed by atoms with van der Waals surface area (Å²) >= 11 is 13.1. The molecule has 1 amide bonds. The normalized spacial score (nSPS) is 10.4. The van der Waals surface area contributed by atoms with E-state index in [2.05, 4.69) is 15.6 Å². The van der Waals surface area contributed by atoms with Gasteiger partial charge in [0.25, 0.3) is 5.91 Å². The van der Waals surface area contributed by atoms with Gasteiger partial charge in [-0.25, -0.2) is 4.98 Å². The third-order valence-electron chi connectivity index (χ3n) is 3.24. The lowest BCUT2D eigenvalue weighted by Gasteiger charge is -2.07. The quantitative estimate of drug-likeness (QED) is 0.632. The predicted molar refractivity (Wildman–Crippen MR) is 100 cm³/mol. The van der Waals surface area contributed by atoms with E-state index in [9.17, 15) is 4.79 Å². The molecule has 0 aliphatic rings. The fraction of sp³-hybridized carbons (Fsp3) is 0.0588. The number of hydrogen-bond donors (Lipinski definition) is 2. The van der Waals surface area contributed by atoms with Crippen molar-refractivity contribution >= 4 is 51.8 Å². The number of nitrogens with zero attached hydrogens (tertiary/aromatic N) is 1. The highest BCUT2D eigenvalue weighted by molar-refractivity contribution is 7.15. The Kier molecular flexibility index (Phi) is 5.35. The van der Waals surface area contributed by atoms with Gasteiger partial charge in [0, 0.05) is 33.0 Å². The Hall–Kier alpha value is -2.08. The van der Waals surface area contributed by atoms with Crippen molar-refractivity contribution in [3.05, 3.63) is 74.7 Å². The topological polar surface area (TPSA) is 54.0 Å². The molecule has 3 rings (SSSR count). The fourth-order valence-electron chi connectivity index (χ4n) is 2.03. The van der Waals surface area contributed by atoms with E-state index in [1.807, 2.05) is 12.1 Å². The number of hydrogen-bond acceptors (Lipinski definition) is 4. The van der Waals surface area contributed by atoms with E-state index in [1.165, 1.54) is 11.3 Å². The average Bonchev–Trinajstić information content (AvgIpc) is 3.01. The summed E-state index contributed by atoms with van der Waals surface area (Å²) in [5, 5.41) is 6.72. The highest BCUT2D eigenvalue weighted by Gasteiger charge is 2.06. The van der Waals surface area contributed by atoms with Crippen LogP contribution in [0.1, 0.15) is 15.2 Å². The molecular weight excluding hydrogens is 365 g/mol. The number of benzene rings is 2. The lowest BCUT2D eigenvalue weighted by molar-refractivity contribution is 0.102. The van der Waals surface area contributed by atoms with Crippen LogP contribution in [0.5, 0.6) is 0 Å². The number of amides is 1. The second kappa shape index (κ2) is 7.66. The fourth-order valence-corrected chi connectivity index (χ4v) is 3.07. The van der Waals surface area contributed by atoms with Gasteiger partial charge in [-0.05, 0) is 48.5 Å². The van der Waals surface area contributed by atoms with Crippen molar-refractivity contribution in [1.82, 2.24) is 4.98 Å². The van der Waals surface area contributed by atoms with Crippen molar-refractivity contribution < 1.29 is 4.79 Å². The minimum atomic E-state index is -0.168. The molecule has 0 radical (unpaired) electrons. The summed E-state index contributed by atoms with van der Waals surface area (Å²) in [6.45, 7) is 0.640. The summed E-state index contributed by atoms with van der Waals surface area (Å²) in [5.74, 6) is -0.168. The predicted octanol–water partition coefficient (Wildman–Crippen LogP) is 5.31. The standard InChI is InChI=1S/C17H13Cl2N3OS/c18-12-3-7-14(8-4-12)22-16(23)11-1-5-13(6-2-11)20-9-15-10-21-17(19)24-15/h1-8,10,20H,9H2,(H,22,23). The van der Waals surface area contributed by atoms with E-state index in [0.29, 0.717) is 27.3 Å². The van der Waals surface area contributed by atoms with Gasteiger partial charge in [0.05, 0.1) is 6.54 Å². The molecule has 2 aromatic carbocycles. The van der Waals surface area contributed by atoms with Gasteiger partial charge >= 0.3 is 0 Å². The SMILES string of the molecule is O=C(Nc1ccc(Cl)cc1)c1ccc(NCc2cnc(Cl)s2)cc1. The first kappa shape index (κ1) is 16.8.